The first kappa shape index (κ1) is 19.7. The van der Waals surface area contributed by atoms with E-state index in [1.807, 2.05) is 43.3 Å². The van der Waals surface area contributed by atoms with Crippen LogP contribution in [0.15, 0.2) is 72.5 Å². The van der Waals surface area contributed by atoms with Crippen LogP contribution in [0.5, 0.6) is 11.5 Å². The van der Waals surface area contributed by atoms with Crippen LogP contribution < -0.4 is 14.4 Å². The molecule has 3 aromatic rings. The summed E-state index contributed by atoms with van der Waals surface area (Å²) >= 11 is 6.04. The van der Waals surface area contributed by atoms with Crippen molar-refractivity contribution in [2.45, 2.75) is 0 Å². The molecule has 5 nitrogen and oxygen atoms in total. The average Bonchev–Trinajstić information content (AvgIpc) is 3.03. The van der Waals surface area contributed by atoms with Gasteiger partial charge in [-0.3, -0.25) is 4.79 Å². The van der Waals surface area contributed by atoms with Gasteiger partial charge in [0.25, 0.3) is 0 Å². The number of benzene rings is 3. The van der Waals surface area contributed by atoms with Crippen molar-refractivity contribution in [1.29, 1.82) is 0 Å². The van der Waals surface area contributed by atoms with E-state index in [1.54, 1.807) is 42.5 Å². The van der Waals surface area contributed by atoms with Crippen LogP contribution in [0.4, 0.5) is 5.69 Å². The molecule has 0 saturated carbocycles. The Hall–Kier alpha value is -3.57. The van der Waals surface area contributed by atoms with E-state index in [0.717, 1.165) is 11.3 Å². The van der Waals surface area contributed by atoms with Crippen molar-refractivity contribution in [2.24, 2.45) is 0 Å². The first-order valence-corrected chi connectivity index (χ1v) is 9.62. The molecular weight excluding hydrogens is 402 g/mol. The number of anilines is 1. The molecule has 30 heavy (non-hydrogen) atoms. The van der Waals surface area contributed by atoms with Gasteiger partial charge in [0.05, 0.1) is 16.1 Å². The number of fused-ring (bicyclic) bond motifs is 1. The molecule has 0 unspecified atom stereocenters. The van der Waals surface area contributed by atoms with Crippen molar-refractivity contribution < 1.29 is 19.1 Å². The van der Waals surface area contributed by atoms with E-state index in [-0.39, 0.29) is 22.9 Å². The molecule has 0 N–H and O–H groups in total. The molecule has 0 amide bonds. The molecule has 1 aliphatic heterocycles. The number of Topliss-reactive ketones (excluding diaryl/α,β-unsaturated/α-hetero) is 1. The van der Waals surface area contributed by atoms with Gasteiger partial charge >= 0.3 is 5.97 Å². The summed E-state index contributed by atoms with van der Waals surface area (Å²) in [5, 5.41) is 0.306. The number of ether oxygens (including phenoxy) is 2. The highest BCUT2D eigenvalue weighted by molar-refractivity contribution is 6.33. The summed E-state index contributed by atoms with van der Waals surface area (Å²) in [5.74, 6) is 0.0353. The van der Waals surface area contributed by atoms with Gasteiger partial charge in [0, 0.05) is 25.8 Å². The fourth-order valence-electron chi connectivity index (χ4n) is 3.04. The smallest absolute Gasteiger partial charge is 0.345 e. The van der Waals surface area contributed by atoms with E-state index in [1.165, 1.54) is 6.07 Å². The predicted molar refractivity (Wildman–Crippen MR) is 117 cm³/mol. The molecule has 1 heterocycles. The Bertz CT molecular complexity index is 1170. The summed E-state index contributed by atoms with van der Waals surface area (Å²) in [5.41, 5.74) is 2.59. The maximum Gasteiger partial charge on any atom is 0.345 e. The minimum Gasteiger partial charge on any atom is -0.452 e. The lowest BCUT2D eigenvalue weighted by atomic mass is 10.1. The van der Waals surface area contributed by atoms with Crippen LogP contribution in [0.25, 0.3) is 6.08 Å². The maximum absolute atomic E-state index is 12.6. The number of halogens is 1. The number of hydrogen-bond donors (Lipinski definition) is 0. The van der Waals surface area contributed by atoms with Gasteiger partial charge in [0.1, 0.15) is 11.5 Å². The number of allylic oxidation sites excluding steroid dienone is 1. The second kappa shape index (κ2) is 8.05. The first-order chi connectivity index (χ1) is 14.4. The highest BCUT2D eigenvalue weighted by Crippen LogP contribution is 2.35. The fourth-order valence-corrected chi connectivity index (χ4v) is 3.25. The van der Waals surface area contributed by atoms with Gasteiger partial charge in [-0.25, -0.2) is 4.79 Å². The van der Waals surface area contributed by atoms with E-state index in [4.69, 9.17) is 21.1 Å². The van der Waals surface area contributed by atoms with Crippen molar-refractivity contribution in [2.75, 3.05) is 19.0 Å². The second-order valence-electron chi connectivity index (χ2n) is 6.95. The first-order valence-electron chi connectivity index (χ1n) is 9.25. The van der Waals surface area contributed by atoms with E-state index in [9.17, 15) is 9.59 Å². The zero-order chi connectivity index (χ0) is 21.3. The van der Waals surface area contributed by atoms with E-state index < -0.39 is 5.97 Å². The van der Waals surface area contributed by atoms with Crippen LogP contribution in [0, 0.1) is 0 Å². The molecule has 0 radical (unpaired) electrons. The van der Waals surface area contributed by atoms with Crippen molar-refractivity contribution in [1.82, 2.24) is 0 Å². The van der Waals surface area contributed by atoms with Crippen LogP contribution >= 0.6 is 11.6 Å². The summed E-state index contributed by atoms with van der Waals surface area (Å²) in [6.07, 6.45) is 1.69. The quantitative estimate of drug-likeness (QED) is 0.329. The van der Waals surface area contributed by atoms with E-state index in [2.05, 4.69) is 0 Å². The molecular formula is C24H18ClNO4. The summed E-state index contributed by atoms with van der Waals surface area (Å²) in [6.45, 7) is 0. The number of ketones is 1. The van der Waals surface area contributed by atoms with Crippen LogP contribution in [0.1, 0.15) is 26.3 Å². The largest absolute Gasteiger partial charge is 0.452 e. The molecule has 0 saturated heterocycles. The summed E-state index contributed by atoms with van der Waals surface area (Å²) in [4.78, 5) is 27.0. The van der Waals surface area contributed by atoms with Gasteiger partial charge in [-0.05, 0) is 48.0 Å². The zero-order valence-electron chi connectivity index (χ0n) is 16.4. The third-order valence-corrected chi connectivity index (χ3v) is 4.98. The van der Waals surface area contributed by atoms with Crippen molar-refractivity contribution >= 4 is 35.1 Å². The Morgan fingerprint density at radius 2 is 1.77 bits per heavy atom. The van der Waals surface area contributed by atoms with Gasteiger partial charge in [-0.1, -0.05) is 35.9 Å². The number of esters is 1. The fraction of sp³-hybridized carbons (Fsp3) is 0.0833. The highest BCUT2D eigenvalue weighted by Gasteiger charge is 2.28. The zero-order valence-corrected chi connectivity index (χ0v) is 17.1. The monoisotopic (exact) mass is 419 g/mol. The number of hydrogen-bond acceptors (Lipinski definition) is 5. The standard InChI is InChI=1S/C24H18ClNO4/c1-26(2)16-9-7-15(8-10-16)13-22-23(27)19-12-11-17(14-21(19)30-22)29-24(28)18-5-3-4-6-20(18)25/h3-14H,1-2H3/b22-13-. The van der Waals surface area contributed by atoms with Crippen molar-refractivity contribution in [3.05, 3.63) is 94.2 Å². The van der Waals surface area contributed by atoms with Gasteiger partial charge in [-0.2, -0.15) is 0 Å². The SMILES string of the molecule is CN(C)c1ccc(/C=C2\Oc3cc(OC(=O)c4ccccc4Cl)ccc3C2=O)cc1. The van der Waals surface area contributed by atoms with Crippen molar-refractivity contribution in [3.63, 3.8) is 0 Å². The second-order valence-corrected chi connectivity index (χ2v) is 7.36. The lowest BCUT2D eigenvalue weighted by Crippen LogP contribution is -2.09. The van der Waals surface area contributed by atoms with E-state index in [0.29, 0.717) is 16.3 Å². The summed E-state index contributed by atoms with van der Waals surface area (Å²) in [6, 6.07) is 19.1. The van der Waals surface area contributed by atoms with Crippen LogP contribution in [0.3, 0.4) is 0 Å². The predicted octanol–water partition coefficient (Wildman–Crippen LogP) is 5.24. The molecule has 0 spiro atoms. The Morgan fingerprint density at radius 3 is 2.47 bits per heavy atom. The van der Waals surface area contributed by atoms with Crippen LogP contribution in [-0.2, 0) is 0 Å². The Balaban J connectivity index is 1.54. The highest BCUT2D eigenvalue weighted by atomic mass is 35.5. The number of rotatable bonds is 4. The Labute approximate surface area is 179 Å². The Kier molecular flexibility index (Phi) is 5.29. The molecule has 0 atom stereocenters. The van der Waals surface area contributed by atoms with Gasteiger partial charge < -0.3 is 14.4 Å². The summed E-state index contributed by atoms with van der Waals surface area (Å²) < 4.78 is 11.1. The summed E-state index contributed by atoms with van der Waals surface area (Å²) in [7, 11) is 3.92. The normalized spacial score (nSPS) is 13.7. The number of carbonyl (C=O) groups excluding carboxylic acids is 2. The maximum atomic E-state index is 12.6. The molecule has 1 aliphatic rings. The molecule has 4 rings (SSSR count). The molecule has 6 heteroatoms. The number of nitrogens with zero attached hydrogens (tertiary/aromatic N) is 1. The lowest BCUT2D eigenvalue weighted by Gasteiger charge is -2.11. The molecule has 0 aliphatic carbocycles. The van der Waals surface area contributed by atoms with Gasteiger partial charge in [0.2, 0.25) is 5.78 Å². The van der Waals surface area contributed by atoms with Gasteiger partial charge in [0.15, 0.2) is 5.76 Å². The average molecular weight is 420 g/mol. The molecule has 0 aromatic heterocycles. The molecule has 150 valence electrons. The topological polar surface area (TPSA) is 55.8 Å². The van der Waals surface area contributed by atoms with Crippen LogP contribution in [-0.4, -0.2) is 25.8 Å². The van der Waals surface area contributed by atoms with Crippen molar-refractivity contribution in [3.8, 4) is 11.5 Å². The minimum absolute atomic E-state index is 0.217. The van der Waals surface area contributed by atoms with E-state index >= 15 is 0 Å². The third kappa shape index (κ3) is 3.93. The third-order valence-electron chi connectivity index (χ3n) is 4.65. The van der Waals surface area contributed by atoms with Gasteiger partial charge in [-0.15, -0.1) is 0 Å². The minimum atomic E-state index is -0.582. The number of carbonyl (C=O) groups is 2. The lowest BCUT2D eigenvalue weighted by molar-refractivity contribution is 0.0734. The van der Waals surface area contributed by atoms with Crippen LogP contribution in [0.2, 0.25) is 5.02 Å². The molecule has 0 fully saturated rings. The Morgan fingerprint density at radius 1 is 1.03 bits per heavy atom. The molecule has 3 aromatic carbocycles. The molecule has 0 bridgehead atoms.